The molecule has 23 heavy (non-hydrogen) atoms. The van der Waals surface area contributed by atoms with Crippen LogP contribution in [0.5, 0.6) is 0 Å². The first-order valence-electron chi connectivity index (χ1n) is 8.05. The second-order valence-corrected chi connectivity index (χ2v) is 8.17. The van der Waals surface area contributed by atoms with Gasteiger partial charge in [-0.05, 0) is 57.8 Å². The molecule has 1 saturated heterocycles. The average molecular weight is 403 g/mol. The summed E-state index contributed by atoms with van der Waals surface area (Å²) in [5, 5.41) is 0.919. The van der Waals surface area contributed by atoms with Gasteiger partial charge in [0, 0.05) is 30.0 Å². The SMILES string of the molecule is Cc1cc(N(CCCl)CCBr)ccc1B1OC(C)(C)C(C)(C)O1. The number of hydrogen-bond acceptors (Lipinski definition) is 3. The summed E-state index contributed by atoms with van der Waals surface area (Å²) >= 11 is 9.43. The molecule has 0 unspecified atom stereocenters. The Kier molecular flexibility index (Phi) is 6.10. The van der Waals surface area contributed by atoms with E-state index in [-0.39, 0.29) is 18.3 Å². The summed E-state index contributed by atoms with van der Waals surface area (Å²) in [4.78, 5) is 2.28. The van der Waals surface area contributed by atoms with Crippen molar-refractivity contribution in [1.29, 1.82) is 0 Å². The van der Waals surface area contributed by atoms with E-state index in [9.17, 15) is 0 Å². The molecule has 0 amide bonds. The van der Waals surface area contributed by atoms with E-state index < -0.39 is 0 Å². The first-order chi connectivity index (χ1) is 10.7. The third-order valence-electron chi connectivity index (χ3n) is 4.83. The summed E-state index contributed by atoms with van der Waals surface area (Å²) in [5.41, 5.74) is 2.82. The van der Waals surface area contributed by atoms with E-state index in [2.05, 4.69) is 73.6 Å². The minimum atomic E-state index is -0.316. The molecule has 1 aliphatic rings. The highest BCUT2D eigenvalue weighted by Gasteiger charge is 2.52. The van der Waals surface area contributed by atoms with Crippen LogP contribution in [-0.2, 0) is 9.31 Å². The largest absolute Gasteiger partial charge is 0.495 e. The van der Waals surface area contributed by atoms with Gasteiger partial charge in [0.05, 0.1) is 11.2 Å². The van der Waals surface area contributed by atoms with Crippen molar-refractivity contribution in [1.82, 2.24) is 0 Å². The third-order valence-corrected chi connectivity index (χ3v) is 5.36. The standard InChI is InChI=1S/C17H26BBrClNO2/c1-13-12-14(21(10-8-19)11-9-20)6-7-15(13)18-22-16(2,3)17(4,5)23-18/h6-7,12H,8-11H2,1-5H3. The minimum Gasteiger partial charge on any atom is -0.399 e. The van der Waals surface area contributed by atoms with Crippen LogP contribution >= 0.6 is 27.5 Å². The van der Waals surface area contributed by atoms with Crippen molar-refractivity contribution in [2.24, 2.45) is 0 Å². The quantitative estimate of drug-likeness (QED) is 0.535. The summed E-state index contributed by atoms with van der Waals surface area (Å²) < 4.78 is 12.3. The van der Waals surface area contributed by atoms with Gasteiger partial charge >= 0.3 is 7.12 Å². The molecule has 128 valence electrons. The van der Waals surface area contributed by atoms with E-state index in [0.717, 1.165) is 23.9 Å². The van der Waals surface area contributed by atoms with Gasteiger partial charge in [-0.15, -0.1) is 11.6 Å². The van der Waals surface area contributed by atoms with Crippen molar-refractivity contribution in [3.63, 3.8) is 0 Å². The predicted octanol–water partition coefficient (Wildman–Crippen LogP) is 3.73. The maximum Gasteiger partial charge on any atom is 0.495 e. The summed E-state index contributed by atoms with van der Waals surface area (Å²) in [6.07, 6.45) is 0. The first kappa shape index (κ1) is 19.1. The molecule has 0 N–H and O–H groups in total. The predicted molar refractivity (Wildman–Crippen MR) is 104 cm³/mol. The zero-order valence-corrected chi connectivity index (χ0v) is 17.0. The molecule has 0 aliphatic carbocycles. The highest BCUT2D eigenvalue weighted by molar-refractivity contribution is 9.09. The number of alkyl halides is 2. The fraction of sp³-hybridized carbons (Fsp3) is 0.647. The molecule has 2 rings (SSSR count). The molecule has 6 heteroatoms. The summed E-state index contributed by atoms with van der Waals surface area (Å²) in [7, 11) is -0.313. The highest BCUT2D eigenvalue weighted by atomic mass is 79.9. The number of hydrogen-bond donors (Lipinski definition) is 0. The highest BCUT2D eigenvalue weighted by Crippen LogP contribution is 2.36. The van der Waals surface area contributed by atoms with Crippen LogP contribution in [0.15, 0.2) is 18.2 Å². The zero-order chi connectivity index (χ0) is 17.3. The van der Waals surface area contributed by atoms with Crippen molar-refractivity contribution in [2.75, 3.05) is 29.2 Å². The molecular formula is C17H26BBrClNO2. The molecular weight excluding hydrogens is 376 g/mol. The van der Waals surface area contributed by atoms with Gasteiger partial charge in [-0.25, -0.2) is 0 Å². The van der Waals surface area contributed by atoms with E-state index in [1.165, 1.54) is 11.3 Å². The Morgan fingerprint density at radius 2 is 1.74 bits per heavy atom. The lowest BCUT2D eigenvalue weighted by Gasteiger charge is -2.32. The fourth-order valence-electron chi connectivity index (χ4n) is 2.67. The normalized spacial score (nSPS) is 19.2. The van der Waals surface area contributed by atoms with E-state index in [1.54, 1.807) is 0 Å². The van der Waals surface area contributed by atoms with Crippen LogP contribution in [0.4, 0.5) is 5.69 Å². The van der Waals surface area contributed by atoms with E-state index in [4.69, 9.17) is 20.9 Å². The fourth-order valence-corrected chi connectivity index (χ4v) is 3.30. The van der Waals surface area contributed by atoms with Gasteiger partial charge in [0.15, 0.2) is 0 Å². The lowest BCUT2D eigenvalue weighted by molar-refractivity contribution is 0.00578. The number of rotatable bonds is 6. The van der Waals surface area contributed by atoms with Crippen LogP contribution in [-0.4, -0.2) is 42.6 Å². The Morgan fingerprint density at radius 3 is 2.22 bits per heavy atom. The number of aryl methyl sites for hydroxylation is 1. The topological polar surface area (TPSA) is 21.7 Å². The van der Waals surface area contributed by atoms with Crippen molar-refractivity contribution >= 4 is 45.8 Å². The number of anilines is 1. The van der Waals surface area contributed by atoms with Crippen molar-refractivity contribution in [3.8, 4) is 0 Å². The molecule has 0 radical (unpaired) electrons. The Hall–Kier alpha value is -0.225. The van der Waals surface area contributed by atoms with Gasteiger partial charge in [0.25, 0.3) is 0 Å². The molecule has 1 aromatic carbocycles. The third kappa shape index (κ3) is 4.06. The average Bonchev–Trinajstić information content (AvgIpc) is 2.66. The van der Waals surface area contributed by atoms with Crippen LogP contribution in [0.2, 0.25) is 0 Å². The number of nitrogens with zero attached hydrogens (tertiary/aromatic N) is 1. The van der Waals surface area contributed by atoms with Crippen molar-refractivity contribution in [3.05, 3.63) is 23.8 Å². The second-order valence-electron chi connectivity index (χ2n) is 6.99. The second kappa shape index (κ2) is 7.34. The van der Waals surface area contributed by atoms with Crippen molar-refractivity contribution in [2.45, 2.75) is 45.8 Å². The van der Waals surface area contributed by atoms with Gasteiger partial charge in [-0.2, -0.15) is 0 Å². The van der Waals surface area contributed by atoms with Gasteiger partial charge in [0.1, 0.15) is 0 Å². The lowest BCUT2D eigenvalue weighted by Crippen LogP contribution is -2.41. The molecule has 0 bridgehead atoms. The molecule has 1 fully saturated rings. The van der Waals surface area contributed by atoms with Crippen molar-refractivity contribution < 1.29 is 9.31 Å². The Labute approximate surface area is 153 Å². The molecule has 0 saturated carbocycles. The summed E-state index contributed by atoms with van der Waals surface area (Å²) in [6.45, 7) is 12.2. The van der Waals surface area contributed by atoms with E-state index in [0.29, 0.717) is 5.88 Å². The summed E-state index contributed by atoms with van der Waals surface area (Å²) in [5.74, 6) is 0.616. The zero-order valence-electron chi connectivity index (χ0n) is 14.7. The Morgan fingerprint density at radius 1 is 1.13 bits per heavy atom. The molecule has 0 spiro atoms. The molecule has 1 aromatic rings. The van der Waals surface area contributed by atoms with Crippen LogP contribution in [0.1, 0.15) is 33.3 Å². The number of benzene rings is 1. The van der Waals surface area contributed by atoms with Gasteiger partial charge in [-0.1, -0.05) is 22.0 Å². The molecule has 0 aromatic heterocycles. The van der Waals surface area contributed by atoms with Crippen LogP contribution in [0, 0.1) is 6.92 Å². The first-order valence-corrected chi connectivity index (χ1v) is 9.70. The van der Waals surface area contributed by atoms with Gasteiger partial charge < -0.3 is 14.2 Å². The number of halogens is 2. The van der Waals surface area contributed by atoms with Crippen LogP contribution in [0.3, 0.4) is 0 Å². The smallest absolute Gasteiger partial charge is 0.399 e. The lowest BCUT2D eigenvalue weighted by atomic mass is 9.76. The molecule has 1 heterocycles. The molecule has 1 aliphatic heterocycles. The van der Waals surface area contributed by atoms with Gasteiger partial charge in [0.2, 0.25) is 0 Å². The minimum absolute atomic E-state index is 0.313. The maximum atomic E-state index is 6.16. The van der Waals surface area contributed by atoms with Crippen LogP contribution in [0.25, 0.3) is 0 Å². The summed E-state index contributed by atoms with van der Waals surface area (Å²) in [6, 6.07) is 6.43. The van der Waals surface area contributed by atoms with Crippen LogP contribution < -0.4 is 10.4 Å². The monoisotopic (exact) mass is 401 g/mol. The Bertz CT molecular complexity index is 531. The van der Waals surface area contributed by atoms with E-state index in [1.807, 2.05) is 0 Å². The molecule has 3 nitrogen and oxygen atoms in total. The van der Waals surface area contributed by atoms with E-state index >= 15 is 0 Å². The Balaban J connectivity index is 2.23. The van der Waals surface area contributed by atoms with Gasteiger partial charge in [-0.3, -0.25) is 0 Å². The maximum absolute atomic E-state index is 6.16. The molecule has 0 atom stereocenters.